The molecule has 30 heavy (non-hydrogen) atoms. The molecule has 0 spiro atoms. The van der Waals surface area contributed by atoms with Crippen LogP contribution >= 0.6 is 7.60 Å². The molecule has 0 aromatic rings. The molecule has 0 aliphatic rings. The lowest BCUT2D eigenvalue weighted by atomic mass is 10.1. The van der Waals surface area contributed by atoms with Crippen LogP contribution in [0.5, 0.6) is 0 Å². The Bertz CT molecular complexity index is 466. The zero-order valence-corrected chi connectivity index (χ0v) is 19.0. The summed E-state index contributed by atoms with van der Waals surface area (Å²) < 4.78 is 51.9. The molecule has 0 amide bonds. The molecule has 0 saturated carbocycles. The highest BCUT2D eigenvalue weighted by Crippen LogP contribution is 2.35. The van der Waals surface area contributed by atoms with Crippen molar-refractivity contribution >= 4 is 13.6 Å². The Hall–Kier alpha value is -0.590. The fraction of sp³-hybridized carbons (Fsp3) is 0.952. The average molecular weight is 461 g/mol. The molecular weight excluding hydrogens is 420 g/mol. The fourth-order valence-corrected chi connectivity index (χ4v) is 3.85. The first-order valence-corrected chi connectivity index (χ1v) is 13.2. The molecule has 0 aliphatic heterocycles. The summed E-state index contributed by atoms with van der Waals surface area (Å²) in [6, 6.07) is 0. The summed E-state index contributed by atoms with van der Waals surface area (Å²) in [4.78, 5) is 29.2. The quantitative estimate of drug-likeness (QED) is 0.117. The van der Waals surface area contributed by atoms with Crippen LogP contribution in [-0.4, -0.2) is 34.7 Å². The number of rotatable bonds is 20. The highest BCUT2D eigenvalue weighted by Gasteiger charge is 2.25. The lowest BCUT2D eigenvalue weighted by Gasteiger charge is -2.06. The summed E-state index contributed by atoms with van der Waals surface area (Å²) in [5, 5.41) is 0. The van der Waals surface area contributed by atoms with Crippen molar-refractivity contribution in [2.45, 2.75) is 115 Å². The number of carbonyl (C=O) groups is 1. The minimum absolute atomic E-state index is 0.0273. The maximum atomic E-state index is 12.0. The van der Waals surface area contributed by atoms with Crippen molar-refractivity contribution < 1.29 is 37.1 Å². The van der Waals surface area contributed by atoms with Crippen molar-refractivity contribution in [1.82, 2.24) is 0 Å². The van der Waals surface area contributed by atoms with Crippen LogP contribution in [0.2, 0.25) is 0 Å². The standard InChI is InChI=1S/C21H40F3O5P/c22-21(23,24)17-13-9-5-3-6-10-14-18-29-20(25)16-12-8-4-1-2-7-11-15-19-30(26,27)28/h1-19H2,(H2,26,27,28). The van der Waals surface area contributed by atoms with Crippen LogP contribution in [0.3, 0.4) is 0 Å². The third kappa shape index (κ3) is 25.4. The molecular formula is C21H40F3O5P. The van der Waals surface area contributed by atoms with E-state index < -0.39 is 20.2 Å². The molecule has 5 nitrogen and oxygen atoms in total. The second-order valence-corrected chi connectivity index (χ2v) is 9.80. The molecule has 0 radical (unpaired) electrons. The molecule has 0 heterocycles. The van der Waals surface area contributed by atoms with Gasteiger partial charge in [-0.15, -0.1) is 0 Å². The molecule has 0 bridgehead atoms. The van der Waals surface area contributed by atoms with Crippen LogP contribution in [-0.2, 0) is 14.1 Å². The van der Waals surface area contributed by atoms with Crippen molar-refractivity contribution in [3.63, 3.8) is 0 Å². The largest absolute Gasteiger partial charge is 0.466 e. The zero-order valence-electron chi connectivity index (χ0n) is 18.1. The summed E-state index contributed by atoms with van der Waals surface area (Å²) in [7, 11) is -3.85. The van der Waals surface area contributed by atoms with E-state index in [0.717, 1.165) is 77.0 Å². The van der Waals surface area contributed by atoms with Gasteiger partial charge in [0, 0.05) is 19.0 Å². The number of unbranched alkanes of at least 4 members (excludes halogenated alkanes) is 13. The van der Waals surface area contributed by atoms with Crippen LogP contribution in [0.15, 0.2) is 0 Å². The van der Waals surface area contributed by atoms with Gasteiger partial charge in [-0.05, 0) is 25.7 Å². The van der Waals surface area contributed by atoms with E-state index in [-0.39, 0.29) is 18.6 Å². The third-order valence-corrected chi connectivity index (χ3v) is 5.85. The van der Waals surface area contributed by atoms with Crippen molar-refractivity contribution in [3.8, 4) is 0 Å². The number of halogens is 3. The van der Waals surface area contributed by atoms with Crippen molar-refractivity contribution in [1.29, 1.82) is 0 Å². The molecule has 0 unspecified atom stereocenters. The first kappa shape index (κ1) is 29.4. The summed E-state index contributed by atoms with van der Waals surface area (Å²) >= 11 is 0. The second-order valence-electron chi connectivity index (χ2n) is 8.03. The van der Waals surface area contributed by atoms with E-state index in [4.69, 9.17) is 14.5 Å². The van der Waals surface area contributed by atoms with Gasteiger partial charge in [0.05, 0.1) is 6.61 Å². The summed E-state index contributed by atoms with van der Waals surface area (Å²) in [6.45, 7) is 0.418. The Morgan fingerprint density at radius 2 is 1.13 bits per heavy atom. The first-order chi connectivity index (χ1) is 14.1. The van der Waals surface area contributed by atoms with E-state index in [0.29, 0.717) is 25.9 Å². The topological polar surface area (TPSA) is 83.8 Å². The molecule has 180 valence electrons. The second kappa shape index (κ2) is 18.0. The minimum Gasteiger partial charge on any atom is -0.466 e. The van der Waals surface area contributed by atoms with Gasteiger partial charge in [0.1, 0.15) is 0 Å². The van der Waals surface area contributed by atoms with Crippen LogP contribution in [0.4, 0.5) is 13.2 Å². The molecule has 9 heteroatoms. The maximum Gasteiger partial charge on any atom is 0.389 e. The lowest BCUT2D eigenvalue weighted by molar-refractivity contribution is -0.144. The molecule has 0 aromatic carbocycles. The van der Waals surface area contributed by atoms with Crippen molar-refractivity contribution in [2.75, 3.05) is 12.8 Å². The van der Waals surface area contributed by atoms with Crippen LogP contribution in [0.25, 0.3) is 0 Å². The normalized spacial score (nSPS) is 12.3. The SMILES string of the molecule is O=C(CCCCCCCCCCP(=O)(O)O)OCCCCCCCCCC(F)(F)F. The number of alkyl halides is 3. The van der Waals surface area contributed by atoms with Crippen molar-refractivity contribution in [2.24, 2.45) is 0 Å². The molecule has 0 atom stereocenters. The highest BCUT2D eigenvalue weighted by atomic mass is 31.2. The Labute approximate surface area is 179 Å². The molecule has 0 aliphatic carbocycles. The van der Waals surface area contributed by atoms with Gasteiger partial charge in [-0.25, -0.2) is 0 Å². The van der Waals surface area contributed by atoms with E-state index in [1.165, 1.54) is 0 Å². The summed E-state index contributed by atoms with van der Waals surface area (Å²) in [5.74, 6) is -0.167. The smallest absolute Gasteiger partial charge is 0.389 e. The van der Waals surface area contributed by atoms with Gasteiger partial charge >= 0.3 is 19.7 Å². The Balaban J connectivity index is 3.25. The predicted octanol–water partition coefficient (Wildman–Crippen LogP) is 6.90. The summed E-state index contributed by atoms with van der Waals surface area (Å²) in [5.41, 5.74) is 0. The monoisotopic (exact) mass is 460 g/mol. The average Bonchev–Trinajstić information content (AvgIpc) is 2.63. The van der Waals surface area contributed by atoms with Crippen molar-refractivity contribution in [3.05, 3.63) is 0 Å². The van der Waals surface area contributed by atoms with E-state index in [1.54, 1.807) is 0 Å². The third-order valence-electron chi connectivity index (χ3n) is 4.95. The first-order valence-electron chi connectivity index (χ1n) is 11.4. The van der Waals surface area contributed by atoms with Gasteiger partial charge in [0.15, 0.2) is 0 Å². The maximum absolute atomic E-state index is 12.0. The molecule has 0 aromatic heterocycles. The molecule has 2 N–H and O–H groups in total. The highest BCUT2D eigenvalue weighted by molar-refractivity contribution is 7.51. The van der Waals surface area contributed by atoms with Gasteiger partial charge in [-0.2, -0.15) is 13.2 Å². The van der Waals surface area contributed by atoms with Crippen LogP contribution in [0.1, 0.15) is 109 Å². The number of carbonyl (C=O) groups excluding carboxylic acids is 1. The Morgan fingerprint density at radius 3 is 1.63 bits per heavy atom. The van der Waals surface area contributed by atoms with Gasteiger partial charge in [0.2, 0.25) is 0 Å². The Kier molecular flexibility index (Phi) is 17.7. The molecule has 0 saturated heterocycles. The number of hydrogen-bond donors (Lipinski definition) is 2. The minimum atomic E-state index is -4.04. The molecule has 0 rings (SSSR count). The van der Waals surface area contributed by atoms with E-state index in [1.807, 2.05) is 0 Å². The fourth-order valence-electron chi connectivity index (χ4n) is 3.22. The Morgan fingerprint density at radius 1 is 0.700 bits per heavy atom. The van der Waals surface area contributed by atoms with Crippen LogP contribution in [0, 0.1) is 0 Å². The van der Waals surface area contributed by atoms with Gasteiger partial charge < -0.3 is 14.5 Å². The van der Waals surface area contributed by atoms with Gasteiger partial charge in [-0.3, -0.25) is 9.36 Å². The zero-order chi connectivity index (χ0) is 22.7. The number of ether oxygens (including phenoxy) is 1. The van der Waals surface area contributed by atoms with E-state index in [9.17, 15) is 22.5 Å². The van der Waals surface area contributed by atoms with Crippen LogP contribution < -0.4 is 0 Å². The van der Waals surface area contributed by atoms with E-state index in [2.05, 4.69) is 0 Å². The number of hydrogen-bond acceptors (Lipinski definition) is 3. The van der Waals surface area contributed by atoms with Gasteiger partial charge in [-0.1, -0.05) is 70.6 Å². The lowest BCUT2D eigenvalue weighted by Crippen LogP contribution is -2.06. The van der Waals surface area contributed by atoms with E-state index >= 15 is 0 Å². The number of esters is 1. The van der Waals surface area contributed by atoms with Gasteiger partial charge in [0.25, 0.3) is 0 Å². The predicted molar refractivity (Wildman–Crippen MR) is 112 cm³/mol. The molecule has 0 fully saturated rings. The summed E-state index contributed by atoms with van der Waals surface area (Å²) in [6.07, 6.45) is 8.30.